The second kappa shape index (κ2) is 8.52. The third-order valence-corrected chi connectivity index (χ3v) is 0.709. The molecule has 0 radical (unpaired) electrons. The lowest BCUT2D eigenvalue weighted by Crippen LogP contribution is -2.19. The van der Waals surface area contributed by atoms with Crippen molar-refractivity contribution in [3.8, 4) is 0 Å². The lowest BCUT2D eigenvalue weighted by atomic mass is 10.2. The zero-order chi connectivity index (χ0) is 11.6. The highest BCUT2D eigenvalue weighted by atomic mass is 17.2. The fourth-order valence-electron chi connectivity index (χ4n) is 0.346. The minimum Gasteiger partial charge on any atom is -0.450 e. The first-order valence-corrected chi connectivity index (χ1v) is 4.13. The summed E-state index contributed by atoms with van der Waals surface area (Å²) in [6, 6.07) is 0. The summed E-state index contributed by atoms with van der Waals surface area (Å²) >= 11 is 0. The Balaban J connectivity index is 0. The van der Waals surface area contributed by atoms with Crippen LogP contribution in [0.3, 0.4) is 0 Å². The molecular weight excluding hydrogens is 188 g/mol. The molecule has 0 saturated heterocycles. The maximum Gasteiger partial charge on any atom is 0.503 e. The van der Waals surface area contributed by atoms with Gasteiger partial charge < -0.3 is 10.2 Å². The predicted molar refractivity (Wildman–Crippen MR) is 52.3 cm³/mol. The first-order valence-electron chi connectivity index (χ1n) is 4.13. The summed E-state index contributed by atoms with van der Waals surface area (Å²) < 4.78 is 0. The summed E-state index contributed by atoms with van der Waals surface area (Å²) in [6.07, 6.45) is 1.98. The third kappa shape index (κ3) is 30.6. The van der Waals surface area contributed by atoms with Gasteiger partial charge in [-0.05, 0) is 27.7 Å². The van der Waals surface area contributed by atoms with Crippen molar-refractivity contribution in [1.82, 2.24) is 0 Å². The highest BCUT2D eigenvalue weighted by Crippen LogP contribution is 2.06. The smallest absolute Gasteiger partial charge is 0.450 e. The van der Waals surface area contributed by atoms with E-state index in [2.05, 4.69) is 0 Å². The molecule has 0 rings (SSSR count). The Kier molecular flexibility index (Phi) is 9.38. The Morgan fingerprint density at radius 2 is 1.79 bits per heavy atom. The van der Waals surface area contributed by atoms with Crippen molar-refractivity contribution in [2.45, 2.75) is 33.3 Å². The van der Waals surface area contributed by atoms with Crippen molar-refractivity contribution in [2.75, 3.05) is 6.61 Å². The van der Waals surface area contributed by atoms with Gasteiger partial charge in [0.25, 0.3) is 0 Å². The Morgan fingerprint density at radius 3 is 2.07 bits per heavy atom. The Bertz CT molecular complexity index is 165. The summed E-state index contributed by atoms with van der Waals surface area (Å²) in [4.78, 5) is 18.4. The zero-order valence-electron chi connectivity index (χ0n) is 8.98. The van der Waals surface area contributed by atoms with E-state index >= 15 is 0 Å². The summed E-state index contributed by atoms with van der Waals surface area (Å²) in [5.41, 5.74) is -0.207. The molecule has 0 saturated carbocycles. The normalized spacial score (nSPS) is 10.9. The van der Waals surface area contributed by atoms with E-state index < -0.39 is 6.16 Å². The second-order valence-corrected chi connectivity index (χ2v) is 3.33. The lowest BCUT2D eigenvalue weighted by molar-refractivity contribution is -0.341. The van der Waals surface area contributed by atoms with Crippen LogP contribution in [0.4, 0.5) is 4.79 Å². The van der Waals surface area contributed by atoms with Crippen molar-refractivity contribution in [3.05, 3.63) is 12.2 Å². The van der Waals surface area contributed by atoms with Gasteiger partial charge in [-0.25, -0.2) is 14.6 Å². The van der Waals surface area contributed by atoms with E-state index in [1.807, 2.05) is 39.8 Å². The molecule has 0 aliphatic carbocycles. The molecule has 0 spiro atoms. The van der Waals surface area contributed by atoms with Crippen molar-refractivity contribution < 1.29 is 24.8 Å². The number of allylic oxidation sites excluding steroid dienone is 1. The molecule has 0 amide bonds. The SMILES string of the molecule is CC=CCOOC(C)(C)C.O=C(O)O. The van der Waals surface area contributed by atoms with Crippen LogP contribution in [0.5, 0.6) is 0 Å². The van der Waals surface area contributed by atoms with Crippen LogP contribution in [0, 0.1) is 0 Å². The highest BCUT2D eigenvalue weighted by molar-refractivity contribution is 5.53. The van der Waals surface area contributed by atoms with E-state index in [0.29, 0.717) is 6.61 Å². The standard InChI is InChI=1S/C8H16O2.CH2O3/c1-5-6-7-9-10-8(2,3)4;2-1(3)4/h5-6H,7H2,1-4H3;(H2,2,3,4). The largest absolute Gasteiger partial charge is 0.503 e. The molecule has 0 aliphatic heterocycles. The molecule has 0 aromatic rings. The third-order valence-electron chi connectivity index (χ3n) is 0.709. The van der Waals surface area contributed by atoms with E-state index in [0.717, 1.165) is 0 Å². The van der Waals surface area contributed by atoms with E-state index in [1.165, 1.54) is 0 Å². The molecule has 0 bridgehead atoms. The number of hydrogen-bond donors (Lipinski definition) is 2. The summed E-state index contributed by atoms with van der Waals surface area (Å²) in [7, 11) is 0. The lowest BCUT2D eigenvalue weighted by Gasteiger charge is -2.16. The average molecular weight is 206 g/mol. The molecule has 5 heteroatoms. The molecule has 0 aliphatic rings. The summed E-state index contributed by atoms with van der Waals surface area (Å²) in [6.45, 7) is 8.31. The van der Waals surface area contributed by atoms with Gasteiger partial charge >= 0.3 is 6.16 Å². The molecule has 0 unspecified atom stereocenters. The van der Waals surface area contributed by atoms with Gasteiger partial charge in [-0.15, -0.1) is 0 Å². The highest BCUT2D eigenvalue weighted by Gasteiger charge is 2.10. The first-order chi connectivity index (χ1) is 6.29. The van der Waals surface area contributed by atoms with Crippen LogP contribution in [0.15, 0.2) is 12.2 Å². The molecule has 2 N–H and O–H groups in total. The summed E-state index contributed by atoms with van der Waals surface area (Å²) in [5.74, 6) is 0. The number of hydrogen-bond acceptors (Lipinski definition) is 3. The van der Waals surface area contributed by atoms with Gasteiger partial charge in [-0.2, -0.15) is 0 Å². The Morgan fingerprint density at radius 1 is 1.36 bits per heavy atom. The van der Waals surface area contributed by atoms with Crippen LogP contribution in [-0.2, 0) is 9.78 Å². The molecule has 5 nitrogen and oxygen atoms in total. The van der Waals surface area contributed by atoms with Gasteiger partial charge in [-0.1, -0.05) is 12.2 Å². The molecule has 0 heterocycles. The molecule has 0 aromatic heterocycles. The van der Waals surface area contributed by atoms with Crippen molar-refractivity contribution in [2.24, 2.45) is 0 Å². The van der Waals surface area contributed by atoms with Gasteiger partial charge in [0.15, 0.2) is 0 Å². The van der Waals surface area contributed by atoms with Gasteiger partial charge in [-0.3, -0.25) is 0 Å². The van der Waals surface area contributed by atoms with Gasteiger partial charge in [0, 0.05) is 0 Å². The van der Waals surface area contributed by atoms with Crippen LogP contribution >= 0.6 is 0 Å². The molecule has 0 fully saturated rings. The number of carboxylic acid groups (broad SMARTS) is 2. The van der Waals surface area contributed by atoms with Gasteiger partial charge in [0.05, 0.1) is 5.60 Å². The number of rotatable bonds is 3. The fourth-order valence-corrected chi connectivity index (χ4v) is 0.346. The van der Waals surface area contributed by atoms with E-state index in [1.54, 1.807) is 0 Å². The minimum atomic E-state index is -1.83. The molecule has 14 heavy (non-hydrogen) atoms. The van der Waals surface area contributed by atoms with E-state index in [9.17, 15) is 0 Å². The maximum absolute atomic E-state index is 8.56. The van der Waals surface area contributed by atoms with Crippen molar-refractivity contribution in [3.63, 3.8) is 0 Å². The van der Waals surface area contributed by atoms with Crippen molar-refractivity contribution in [1.29, 1.82) is 0 Å². The van der Waals surface area contributed by atoms with E-state index in [4.69, 9.17) is 24.8 Å². The zero-order valence-corrected chi connectivity index (χ0v) is 8.98. The van der Waals surface area contributed by atoms with Crippen LogP contribution < -0.4 is 0 Å². The monoisotopic (exact) mass is 206 g/mol. The van der Waals surface area contributed by atoms with Gasteiger partial charge in [0.1, 0.15) is 6.61 Å². The molecule has 0 atom stereocenters. The number of carbonyl (C=O) groups is 1. The predicted octanol–water partition coefficient (Wildman–Crippen LogP) is 2.53. The van der Waals surface area contributed by atoms with Crippen LogP contribution in [0.1, 0.15) is 27.7 Å². The Hall–Kier alpha value is -1.07. The summed E-state index contributed by atoms with van der Waals surface area (Å²) in [5, 5.41) is 13.9. The Labute approximate surface area is 83.9 Å². The molecule has 84 valence electrons. The quantitative estimate of drug-likeness (QED) is 0.321. The van der Waals surface area contributed by atoms with E-state index in [-0.39, 0.29) is 5.60 Å². The maximum atomic E-state index is 8.56. The molecular formula is C9H18O5. The molecule has 0 aromatic carbocycles. The van der Waals surface area contributed by atoms with Gasteiger partial charge in [0.2, 0.25) is 0 Å². The fraction of sp³-hybridized carbons (Fsp3) is 0.667. The first kappa shape index (κ1) is 15.4. The minimum absolute atomic E-state index is 0.207. The second-order valence-electron chi connectivity index (χ2n) is 3.33. The van der Waals surface area contributed by atoms with Crippen molar-refractivity contribution >= 4 is 6.16 Å². The topological polar surface area (TPSA) is 76.0 Å². The van der Waals surface area contributed by atoms with Crippen LogP contribution in [0.2, 0.25) is 0 Å². The average Bonchev–Trinajstić information content (AvgIpc) is 1.95. The van der Waals surface area contributed by atoms with Crippen LogP contribution in [0.25, 0.3) is 0 Å². The van der Waals surface area contributed by atoms with Crippen LogP contribution in [-0.4, -0.2) is 28.6 Å².